The summed E-state index contributed by atoms with van der Waals surface area (Å²) in [5, 5.41) is 12.6. The molecule has 0 saturated carbocycles. The number of hydrogen-bond acceptors (Lipinski definition) is 4. The van der Waals surface area contributed by atoms with Crippen LogP contribution in [0.5, 0.6) is 0 Å². The van der Waals surface area contributed by atoms with Gasteiger partial charge in [-0.2, -0.15) is 0 Å². The molecule has 1 heterocycles. The Bertz CT molecular complexity index is 413. The summed E-state index contributed by atoms with van der Waals surface area (Å²) in [5.41, 5.74) is -2.08. The van der Waals surface area contributed by atoms with Crippen molar-refractivity contribution >= 4 is 12.1 Å². The molecule has 1 saturated heterocycles. The number of carboxylic acid groups (broad SMARTS) is 1. The molecule has 128 valence electrons. The van der Waals surface area contributed by atoms with Gasteiger partial charge in [0.25, 0.3) is 0 Å². The van der Waals surface area contributed by atoms with Crippen LogP contribution in [0.15, 0.2) is 0 Å². The summed E-state index contributed by atoms with van der Waals surface area (Å²) < 4.78 is 10.6. The monoisotopic (exact) mass is 315 g/mol. The van der Waals surface area contributed by atoms with E-state index in [-0.39, 0.29) is 0 Å². The van der Waals surface area contributed by atoms with Gasteiger partial charge in [0.2, 0.25) is 0 Å². The van der Waals surface area contributed by atoms with Crippen molar-refractivity contribution in [2.75, 3.05) is 13.2 Å². The average molecular weight is 315 g/mol. The Balaban J connectivity index is 3.06. The van der Waals surface area contributed by atoms with Gasteiger partial charge in [-0.05, 0) is 39.0 Å². The number of aliphatic carboxylic acids is 1. The Labute approximate surface area is 132 Å². The molecule has 1 atom stereocenters. The molecule has 6 heteroatoms. The third kappa shape index (κ3) is 4.60. The van der Waals surface area contributed by atoms with Crippen molar-refractivity contribution in [2.24, 2.45) is 10.8 Å². The second-order valence-electron chi connectivity index (χ2n) is 8.02. The molecule has 0 aliphatic carbocycles. The molecule has 1 rings (SSSR count). The molecule has 1 aliphatic rings. The maximum atomic E-state index is 12.2. The zero-order valence-electron chi connectivity index (χ0n) is 14.5. The molecule has 1 aliphatic heterocycles. The van der Waals surface area contributed by atoms with Crippen LogP contribution in [0.1, 0.15) is 54.4 Å². The maximum Gasteiger partial charge on any atom is 0.407 e. The van der Waals surface area contributed by atoms with Gasteiger partial charge in [0, 0.05) is 13.2 Å². The number of amides is 1. The Morgan fingerprint density at radius 2 is 1.64 bits per heavy atom. The third-order valence-electron chi connectivity index (χ3n) is 3.89. The van der Waals surface area contributed by atoms with E-state index in [1.807, 2.05) is 20.8 Å². The molecule has 22 heavy (non-hydrogen) atoms. The second-order valence-corrected chi connectivity index (χ2v) is 8.02. The molecular weight excluding hydrogens is 286 g/mol. The summed E-state index contributed by atoms with van der Waals surface area (Å²) >= 11 is 0. The Kier molecular flexibility index (Phi) is 5.49. The lowest BCUT2D eigenvalue weighted by Gasteiger charge is -2.46. The van der Waals surface area contributed by atoms with Crippen LogP contribution in [0.25, 0.3) is 0 Å². The molecule has 0 radical (unpaired) electrons. The quantitative estimate of drug-likeness (QED) is 0.836. The molecule has 6 nitrogen and oxygen atoms in total. The van der Waals surface area contributed by atoms with E-state index in [4.69, 9.17) is 9.47 Å². The summed E-state index contributed by atoms with van der Waals surface area (Å²) in [7, 11) is 0. The number of rotatable bonds is 3. The fraction of sp³-hybridized carbons (Fsp3) is 0.875. The first-order valence-electron chi connectivity index (χ1n) is 7.69. The maximum absolute atomic E-state index is 12.2. The molecule has 1 unspecified atom stereocenters. The Morgan fingerprint density at radius 3 is 2.00 bits per heavy atom. The zero-order valence-corrected chi connectivity index (χ0v) is 14.5. The first-order valence-corrected chi connectivity index (χ1v) is 7.69. The van der Waals surface area contributed by atoms with Crippen LogP contribution in [0.4, 0.5) is 4.79 Å². The number of hydrogen-bond donors (Lipinski definition) is 2. The van der Waals surface area contributed by atoms with Gasteiger partial charge in [-0.25, -0.2) is 4.79 Å². The van der Waals surface area contributed by atoms with Crippen LogP contribution in [0, 0.1) is 10.8 Å². The Hall–Kier alpha value is -1.30. The molecule has 0 spiro atoms. The molecule has 0 bridgehead atoms. The van der Waals surface area contributed by atoms with E-state index in [2.05, 4.69) is 5.32 Å². The minimum atomic E-state index is -1.03. The van der Waals surface area contributed by atoms with Crippen LogP contribution in [0.3, 0.4) is 0 Å². The van der Waals surface area contributed by atoms with Crippen molar-refractivity contribution in [3.05, 3.63) is 0 Å². The summed E-state index contributed by atoms with van der Waals surface area (Å²) in [4.78, 5) is 24.1. The second kappa shape index (κ2) is 6.44. The van der Waals surface area contributed by atoms with Crippen molar-refractivity contribution in [2.45, 2.75) is 66.0 Å². The summed E-state index contributed by atoms with van der Waals surface area (Å²) in [6, 6.07) is -0.545. The lowest BCUT2D eigenvalue weighted by Crippen LogP contribution is -2.60. The minimum Gasteiger partial charge on any atom is -0.481 e. The number of carbonyl (C=O) groups is 2. The van der Waals surface area contributed by atoms with Crippen molar-refractivity contribution in [1.82, 2.24) is 5.32 Å². The predicted octanol–water partition coefficient (Wildman–Crippen LogP) is 2.81. The minimum absolute atomic E-state index is 0.375. The van der Waals surface area contributed by atoms with Crippen molar-refractivity contribution < 1.29 is 24.2 Å². The molecule has 0 aromatic carbocycles. The first-order chi connectivity index (χ1) is 9.88. The smallest absolute Gasteiger partial charge is 0.407 e. The van der Waals surface area contributed by atoms with Crippen molar-refractivity contribution in [1.29, 1.82) is 0 Å². The fourth-order valence-electron chi connectivity index (χ4n) is 2.97. The van der Waals surface area contributed by atoms with Gasteiger partial charge in [-0.3, -0.25) is 4.79 Å². The molecule has 0 aromatic rings. The van der Waals surface area contributed by atoms with Gasteiger partial charge in [-0.15, -0.1) is 0 Å². The van der Waals surface area contributed by atoms with Crippen molar-refractivity contribution in [3.63, 3.8) is 0 Å². The van der Waals surface area contributed by atoms with E-state index in [0.29, 0.717) is 26.1 Å². The topological polar surface area (TPSA) is 84.9 Å². The zero-order chi connectivity index (χ0) is 17.2. The summed E-state index contributed by atoms with van der Waals surface area (Å²) in [6.45, 7) is 11.9. The SMILES string of the molecule is CC(C)(C)OC(=O)NC(C(C)(C)C)C1(C(=O)O)CCOCC1. The number of nitrogens with one attached hydrogen (secondary N) is 1. The number of carboxylic acids is 1. The molecular formula is C16H29NO5. The molecule has 1 amide bonds. The van der Waals surface area contributed by atoms with Gasteiger partial charge in [0.1, 0.15) is 5.60 Å². The predicted molar refractivity (Wildman–Crippen MR) is 82.7 cm³/mol. The van der Waals surface area contributed by atoms with Crippen LogP contribution in [-0.4, -0.2) is 42.0 Å². The van der Waals surface area contributed by atoms with E-state index in [1.165, 1.54) is 0 Å². The highest BCUT2D eigenvalue weighted by Gasteiger charge is 2.52. The van der Waals surface area contributed by atoms with E-state index in [0.717, 1.165) is 0 Å². The molecule has 0 aromatic heterocycles. The largest absolute Gasteiger partial charge is 0.481 e. The van der Waals surface area contributed by atoms with Crippen LogP contribution in [-0.2, 0) is 14.3 Å². The van der Waals surface area contributed by atoms with E-state index < -0.39 is 34.5 Å². The number of ether oxygens (including phenoxy) is 2. The van der Waals surface area contributed by atoms with Gasteiger partial charge >= 0.3 is 12.1 Å². The van der Waals surface area contributed by atoms with Crippen LogP contribution in [0.2, 0.25) is 0 Å². The normalized spacial score (nSPS) is 20.1. The Morgan fingerprint density at radius 1 is 1.14 bits per heavy atom. The third-order valence-corrected chi connectivity index (χ3v) is 3.89. The van der Waals surface area contributed by atoms with Crippen molar-refractivity contribution in [3.8, 4) is 0 Å². The highest BCUT2D eigenvalue weighted by atomic mass is 16.6. The number of alkyl carbamates (subject to hydrolysis) is 1. The highest BCUT2D eigenvalue weighted by molar-refractivity contribution is 5.78. The first kappa shape index (κ1) is 18.7. The van der Waals surface area contributed by atoms with Gasteiger partial charge in [0.05, 0.1) is 11.5 Å². The van der Waals surface area contributed by atoms with Crippen LogP contribution < -0.4 is 5.32 Å². The van der Waals surface area contributed by atoms with E-state index in [9.17, 15) is 14.7 Å². The summed E-state index contributed by atoms with van der Waals surface area (Å²) in [5.74, 6) is -0.896. The van der Waals surface area contributed by atoms with Gasteiger partial charge < -0.3 is 19.9 Å². The molecule has 1 fully saturated rings. The standard InChI is InChI=1S/C16H29NO5/c1-14(2,3)11(17-13(20)22-15(4,5)6)16(12(18)19)7-9-21-10-8-16/h11H,7-10H2,1-6H3,(H,17,20)(H,18,19). The average Bonchev–Trinajstić information content (AvgIpc) is 2.33. The summed E-state index contributed by atoms with van der Waals surface area (Å²) in [6.07, 6.45) is 0.166. The lowest BCUT2D eigenvalue weighted by molar-refractivity contribution is -0.160. The number of carbonyl (C=O) groups excluding carboxylic acids is 1. The van der Waals surface area contributed by atoms with Gasteiger partial charge in [0.15, 0.2) is 0 Å². The van der Waals surface area contributed by atoms with E-state index >= 15 is 0 Å². The molecule has 2 N–H and O–H groups in total. The van der Waals surface area contributed by atoms with E-state index in [1.54, 1.807) is 20.8 Å². The fourth-order valence-corrected chi connectivity index (χ4v) is 2.97. The highest BCUT2D eigenvalue weighted by Crippen LogP contribution is 2.42. The van der Waals surface area contributed by atoms with Crippen LogP contribution >= 0.6 is 0 Å². The lowest BCUT2D eigenvalue weighted by atomic mass is 9.65. The van der Waals surface area contributed by atoms with Gasteiger partial charge in [-0.1, -0.05) is 20.8 Å².